The number of hydrogen-bond donors (Lipinski definition) is 0. The lowest BCUT2D eigenvalue weighted by Crippen LogP contribution is -2.35. The van der Waals surface area contributed by atoms with Gasteiger partial charge in [0.25, 0.3) is 0 Å². The second-order valence-electron chi connectivity index (χ2n) is 5.11. The maximum atomic E-state index is 13.8. The summed E-state index contributed by atoms with van der Waals surface area (Å²) >= 11 is 1.61. The summed E-state index contributed by atoms with van der Waals surface area (Å²) in [5.41, 5.74) is 0. The summed E-state index contributed by atoms with van der Waals surface area (Å²) in [6.45, 7) is 0.405. The van der Waals surface area contributed by atoms with Crippen LogP contribution in [0.15, 0.2) is 46.7 Å². The third-order valence-electron chi connectivity index (χ3n) is 3.54. The van der Waals surface area contributed by atoms with Crippen molar-refractivity contribution in [3.63, 3.8) is 0 Å². The third-order valence-corrected chi connectivity index (χ3v) is 6.46. The molecule has 1 saturated carbocycles. The molecule has 1 aromatic heterocycles. The van der Waals surface area contributed by atoms with Crippen molar-refractivity contribution in [1.29, 1.82) is 0 Å². The highest BCUT2D eigenvalue weighted by molar-refractivity contribution is 7.89. The Labute approximate surface area is 128 Å². The Balaban J connectivity index is 1.84. The predicted octanol–water partition coefficient (Wildman–Crippen LogP) is 3.28. The van der Waals surface area contributed by atoms with Crippen molar-refractivity contribution < 1.29 is 12.8 Å². The first-order chi connectivity index (χ1) is 10.1. The van der Waals surface area contributed by atoms with Crippen molar-refractivity contribution in [2.24, 2.45) is 0 Å². The van der Waals surface area contributed by atoms with E-state index in [2.05, 4.69) is 0 Å². The van der Waals surface area contributed by atoms with Crippen LogP contribution >= 0.6 is 11.3 Å². The Morgan fingerprint density at radius 1 is 1.19 bits per heavy atom. The van der Waals surface area contributed by atoms with Crippen molar-refractivity contribution in [2.75, 3.05) is 6.54 Å². The van der Waals surface area contributed by atoms with E-state index in [1.54, 1.807) is 17.4 Å². The molecule has 0 aliphatic heterocycles. The van der Waals surface area contributed by atoms with Gasteiger partial charge in [-0.1, -0.05) is 18.2 Å². The van der Waals surface area contributed by atoms with Gasteiger partial charge in [0, 0.05) is 17.5 Å². The Kier molecular flexibility index (Phi) is 4.10. The summed E-state index contributed by atoms with van der Waals surface area (Å²) < 4.78 is 40.7. The zero-order chi connectivity index (χ0) is 14.9. The van der Waals surface area contributed by atoms with E-state index in [1.807, 2.05) is 17.5 Å². The predicted molar refractivity (Wildman–Crippen MR) is 81.3 cm³/mol. The van der Waals surface area contributed by atoms with Gasteiger partial charge in [0.2, 0.25) is 10.0 Å². The lowest BCUT2D eigenvalue weighted by Gasteiger charge is -2.21. The highest BCUT2D eigenvalue weighted by Gasteiger charge is 2.38. The molecule has 3 rings (SSSR count). The maximum Gasteiger partial charge on any atom is 0.246 e. The number of sulfonamides is 1. The van der Waals surface area contributed by atoms with E-state index in [9.17, 15) is 12.8 Å². The van der Waals surface area contributed by atoms with Crippen molar-refractivity contribution in [3.05, 3.63) is 52.5 Å². The smallest absolute Gasteiger partial charge is 0.207 e. The Bertz CT molecular complexity index is 709. The lowest BCUT2D eigenvalue weighted by molar-refractivity contribution is 0.404. The fourth-order valence-electron chi connectivity index (χ4n) is 2.32. The molecular formula is C15H16FNO2S2. The first-order valence-electron chi connectivity index (χ1n) is 6.88. The molecular weight excluding hydrogens is 309 g/mol. The van der Waals surface area contributed by atoms with E-state index in [1.165, 1.54) is 22.5 Å². The van der Waals surface area contributed by atoms with Gasteiger partial charge in [0.15, 0.2) is 0 Å². The largest absolute Gasteiger partial charge is 0.246 e. The molecule has 21 heavy (non-hydrogen) atoms. The van der Waals surface area contributed by atoms with Crippen LogP contribution in [0.4, 0.5) is 4.39 Å². The number of hydrogen-bond acceptors (Lipinski definition) is 3. The van der Waals surface area contributed by atoms with Crippen LogP contribution < -0.4 is 0 Å². The van der Waals surface area contributed by atoms with Crippen molar-refractivity contribution >= 4 is 21.4 Å². The number of nitrogens with zero attached hydrogens (tertiary/aromatic N) is 1. The van der Waals surface area contributed by atoms with Crippen LogP contribution in [0.3, 0.4) is 0 Å². The lowest BCUT2D eigenvalue weighted by atomic mass is 10.3. The molecule has 6 heteroatoms. The molecule has 0 N–H and O–H groups in total. The highest BCUT2D eigenvalue weighted by atomic mass is 32.2. The van der Waals surface area contributed by atoms with Crippen molar-refractivity contribution in [3.8, 4) is 0 Å². The highest BCUT2D eigenvalue weighted by Crippen LogP contribution is 2.33. The second-order valence-corrected chi connectivity index (χ2v) is 8.00. The number of rotatable bonds is 6. The molecule has 0 radical (unpaired) electrons. The van der Waals surface area contributed by atoms with E-state index in [-0.39, 0.29) is 10.9 Å². The van der Waals surface area contributed by atoms with Crippen LogP contribution in [-0.4, -0.2) is 25.3 Å². The maximum absolute atomic E-state index is 13.8. The molecule has 1 heterocycles. The molecule has 1 aliphatic carbocycles. The normalized spacial score (nSPS) is 15.5. The summed E-state index contributed by atoms with van der Waals surface area (Å²) in [6.07, 6.45) is 2.39. The van der Waals surface area contributed by atoms with Gasteiger partial charge in [0.05, 0.1) is 0 Å². The first-order valence-corrected chi connectivity index (χ1v) is 9.20. The minimum Gasteiger partial charge on any atom is -0.207 e. The molecule has 0 unspecified atom stereocenters. The summed E-state index contributed by atoms with van der Waals surface area (Å²) in [4.78, 5) is 0.924. The molecule has 2 aromatic rings. The van der Waals surface area contributed by atoms with E-state index in [4.69, 9.17) is 0 Å². The minimum atomic E-state index is -3.76. The molecule has 0 amide bonds. The Morgan fingerprint density at radius 2 is 1.95 bits per heavy atom. The SMILES string of the molecule is O=S(=O)(c1ccccc1F)N(CCc1cccs1)C1CC1. The van der Waals surface area contributed by atoms with Gasteiger partial charge in [-0.05, 0) is 42.8 Å². The quantitative estimate of drug-likeness (QED) is 0.817. The van der Waals surface area contributed by atoms with Gasteiger partial charge in [-0.2, -0.15) is 4.31 Å². The number of halogens is 1. The van der Waals surface area contributed by atoms with Gasteiger partial charge < -0.3 is 0 Å². The van der Waals surface area contributed by atoms with Gasteiger partial charge in [0.1, 0.15) is 10.7 Å². The summed E-state index contributed by atoms with van der Waals surface area (Å²) in [5.74, 6) is -0.681. The van der Waals surface area contributed by atoms with Gasteiger partial charge >= 0.3 is 0 Å². The molecule has 1 aromatic carbocycles. The molecule has 1 fully saturated rings. The first kappa shape index (κ1) is 14.7. The van der Waals surface area contributed by atoms with Gasteiger partial charge in [-0.15, -0.1) is 11.3 Å². The molecule has 0 atom stereocenters. The average Bonchev–Trinajstić information content (AvgIpc) is 3.14. The summed E-state index contributed by atoms with van der Waals surface area (Å²) in [6, 6.07) is 9.55. The molecule has 0 spiro atoms. The zero-order valence-electron chi connectivity index (χ0n) is 11.4. The molecule has 1 aliphatic rings. The fraction of sp³-hybridized carbons (Fsp3) is 0.333. The van der Waals surface area contributed by atoms with Crippen LogP contribution in [0.2, 0.25) is 0 Å². The molecule has 0 saturated heterocycles. The van der Waals surface area contributed by atoms with Crippen LogP contribution in [0.25, 0.3) is 0 Å². The number of benzene rings is 1. The third kappa shape index (κ3) is 3.17. The Hall–Kier alpha value is -1.24. The van der Waals surface area contributed by atoms with E-state index in [0.29, 0.717) is 13.0 Å². The summed E-state index contributed by atoms with van der Waals surface area (Å²) in [7, 11) is -3.76. The van der Waals surface area contributed by atoms with E-state index in [0.717, 1.165) is 17.7 Å². The standard InChI is InChI=1S/C15H16FNO2S2/c16-14-5-1-2-6-15(14)21(18,19)17(12-7-8-12)10-9-13-4-3-11-20-13/h1-6,11-12H,7-10H2. The zero-order valence-corrected chi connectivity index (χ0v) is 13.0. The van der Waals surface area contributed by atoms with Crippen LogP contribution in [0.1, 0.15) is 17.7 Å². The number of thiophene rings is 1. The van der Waals surface area contributed by atoms with E-state index < -0.39 is 15.8 Å². The van der Waals surface area contributed by atoms with Crippen molar-refractivity contribution in [1.82, 2.24) is 4.31 Å². The summed E-state index contributed by atoms with van der Waals surface area (Å²) in [5, 5.41) is 1.97. The van der Waals surface area contributed by atoms with Crippen LogP contribution in [0, 0.1) is 5.82 Å². The molecule has 112 valence electrons. The van der Waals surface area contributed by atoms with Gasteiger partial charge in [-0.25, -0.2) is 12.8 Å². The van der Waals surface area contributed by atoms with Crippen LogP contribution in [-0.2, 0) is 16.4 Å². The monoisotopic (exact) mass is 325 g/mol. The van der Waals surface area contributed by atoms with Crippen molar-refractivity contribution in [2.45, 2.75) is 30.2 Å². The second kappa shape index (κ2) is 5.87. The Morgan fingerprint density at radius 3 is 2.57 bits per heavy atom. The van der Waals surface area contributed by atoms with E-state index >= 15 is 0 Å². The topological polar surface area (TPSA) is 37.4 Å². The van der Waals surface area contributed by atoms with Crippen LogP contribution in [0.5, 0.6) is 0 Å². The molecule has 0 bridgehead atoms. The fourth-order valence-corrected chi connectivity index (χ4v) is 4.77. The minimum absolute atomic E-state index is 0.0227. The molecule has 3 nitrogen and oxygen atoms in total. The van der Waals surface area contributed by atoms with Gasteiger partial charge in [-0.3, -0.25) is 0 Å². The average molecular weight is 325 g/mol.